The number of nitrogens with zero attached hydrogens (tertiary/aromatic N) is 2. The van der Waals surface area contributed by atoms with E-state index in [1.54, 1.807) is 0 Å². The van der Waals surface area contributed by atoms with Crippen molar-refractivity contribution >= 4 is 39.9 Å². The van der Waals surface area contributed by atoms with Crippen molar-refractivity contribution in [3.8, 4) is 0 Å². The number of benzene rings is 1. The minimum atomic E-state index is 0. The Morgan fingerprint density at radius 2 is 2.04 bits per heavy atom. The largest absolute Gasteiger partial charge is 0.340 e. The Morgan fingerprint density at radius 1 is 1.30 bits per heavy atom. The summed E-state index contributed by atoms with van der Waals surface area (Å²) in [5, 5.41) is 3.37. The first kappa shape index (κ1) is 18.0. The van der Waals surface area contributed by atoms with E-state index in [4.69, 9.17) is 0 Å². The fraction of sp³-hybridized carbons (Fsp3) is 0.353. The molecule has 0 atom stereocenters. The monoisotopic (exact) mass is 397 g/mol. The van der Waals surface area contributed by atoms with Gasteiger partial charge in [0.15, 0.2) is 0 Å². The van der Waals surface area contributed by atoms with Gasteiger partial charge in [0.25, 0.3) is 5.91 Å². The van der Waals surface area contributed by atoms with Crippen LogP contribution in [-0.2, 0) is 6.54 Å². The van der Waals surface area contributed by atoms with E-state index >= 15 is 0 Å². The molecule has 6 heteroatoms. The predicted molar refractivity (Wildman–Crippen MR) is 99.6 cm³/mol. The van der Waals surface area contributed by atoms with Crippen LogP contribution in [0.3, 0.4) is 0 Å². The van der Waals surface area contributed by atoms with Crippen LogP contribution in [0.4, 0.5) is 5.69 Å². The molecule has 1 aliphatic heterocycles. The molecule has 0 saturated heterocycles. The number of halogens is 2. The number of hydrogen-bond acceptors (Lipinski definition) is 2. The summed E-state index contributed by atoms with van der Waals surface area (Å²) in [6.07, 6.45) is 1.97. The summed E-state index contributed by atoms with van der Waals surface area (Å²) in [4.78, 5) is 15.0. The highest BCUT2D eigenvalue weighted by molar-refractivity contribution is 9.10. The van der Waals surface area contributed by atoms with E-state index in [0.717, 1.165) is 34.5 Å². The SMILES string of the molecule is CC(C)n1cc(Br)cc1C(=O)N1CCNCc2ccccc21.Cl. The van der Waals surface area contributed by atoms with E-state index in [1.807, 2.05) is 39.9 Å². The fourth-order valence-electron chi connectivity index (χ4n) is 2.85. The van der Waals surface area contributed by atoms with Gasteiger partial charge in [0, 0.05) is 42.0 Å². The summed E-state index contributed by atoms with van der Waals surface area (Å²) in [7, 11) is 0. The molecule has 1 aliphatic rings. The molecule has 0 spiro atoms. The summed E-state index contributed by atoms with van der Waals surface area (Å²) in [6.45, 7) is 6.44. The van der Waals surface area contributed by atoms with Gasteiger partial charge in [0.2, 0.25) is 0 Å². The van der Waals surface area contributed by atoms with E-state index in [1.165, 1.54) is 0 Å². The van der Waals surface area contributed by atoms with Gasteiger partial charge in [-0.25, -0.2) is 0 Å². The third-order valence-electron chi connectivity index (χ3n) is 3.95. The van der Waals surface area contributed by atoms with Crippen molar-refractivity contribution in [3.63, 3.8) is 0 Å². The number of anilines is 1. The quantitative estimate of drug-likeness (QED) is 0.830. The van der Waals surface area contributed by atoms with Crippen LogP contribution in [0, 0.1) is 0 Å². The van der Waals surface area contributed by atoms with Gasteiger partial charge < -0.3 is 14.8 Å². The lowest BCUT2D eigenvalue weighted by Crippen LogP contribution is -2.36. The smallest absolute Gasteiger partial charge is 0.274 e. The molecular formula is C17H21BrClN3O. The van der Waals surface area contributed by atoms with Crippen LogP contribution in [-0.4, -0.2) is 23.6 Å². The van der Waals surface area contributed by atoms with Gasteiger partial charge in [0.1, 0.15) is 5.69 Å². The second kappa shape index (κ2) is 7.51. The topological polar surface area (TPSA) is 37.3 Å². The lowest BCUT2D eigenvalue weighted by Gasteiger charge is -2.24. The zero-order valence-electron chi connectivity index (χ0n) is 13.3. The minimum absolute atomic E-state index is 0. The maximum absolute atomic E-state index is 13.1. The highest BCUT2D eigenvalue weighted by atomic mass is 79.9. The molecule has 1 N–H and O–H groups in total. The number of rotatable bonds is 2. The van der Waals surface area contributed by atoms with Gasteiger partial charge in [-0.05, 0) is 47.5 Å². The Balaban J connectivity index is 0.00000192. The second-order valence-corrected chi connectivity index (χ2v) is 6.72. The van der Waals surface area contributed by atoms with Crippen LogP contribution >= 0.6 is 28.3 Å². The van der Waals surface area contributed by atoms with Crippen molar-refractivity contribution in [2.24, 2.45) is 0 Å². The molecule has 1 aromatic heterocycles. The zero-order chi connectivity index (χ0) is 15.7. The lowest BCUT2D eigenvalue weighted by molar-refractivity contribution is 0.0977. The normalized spacial score (nSPS) is 14.2. The zero-order valence-corrected chi connectivity index (χ0v) is 15.7. The van der Waals surface area contributed by atoms with Crippen molar-refractivity contribution in [2.45, 2.75) is 26.4 Å². The number of hydrogen-bond donors (Lipinski definition) is 1. The highest BCUT2D eigenvalue weighted by Crippen LogP contribution is 2.26. The predicted octanol–water partition coefficient (Wildman–Crippen LogP) is 4.00. The molecule has 0 fully saturated rings. The highest BCUT2D eigenvalue weighted by Gasteiger charge is 2.25. The molecule has 0 radical (unpaired) electrons. The number of nitrogens with one attached hydrogen (secondary N) is 1. The second-order valence-electron chi connectivity index (χ2n) is 5.81. The Labute approximate surface area is 151 Å². The first-order valence-corrected chi connectivity index (χ1v) is 8.35. The molecule has 3 rings (SSSR count). The van der Waals surface area contributed by atoms with E-state index in [9.17, 15) is 4.79 Å². The van der Waals surface area contributed by atoms with Gasteiger partial charge in [-0.3, -0.25) is 4.79 Å². The molecule has 124 valence electrons. The number of fused-ring (bicyclic) bond motifs is 1. The molecular weight excluding hydrogens is 378 g/mol. The third-order valence-corrected chi connectivity index (χ3v) is 4.38. The maximum Gasteiger partial charge on any atom is 0.274 e. The molecule has 2 heterocycles. The third kappa shape index (κ3) is 3.62. The van der Waals surface area contributed by atoms with Crippen LogP contribution in [0.2, 0.25) is 0 Å². The molecule has 4 nitrogen and oxygen atoms in total. The van der Waals surface area contributed by atoms with Gasteiger partial charge >= 0.3 is 0 Å². The average Bonchev–Trinajstić information content (AvgIpc) is 2.77. The number of aromatic nitrogens is 1. The summed E-state index contributed by atoms with van der Waals surface area (Å²) < 4.78 is 2.96. The number of carbonyl (C=O) groups is 1. The van der Waals surface area contributed by atoms with Crippen molar-refractivity contribution in [3.05, 3.63) is 52.3 Å². The van der Waals surface area contributed by atoms with Crippen LogP contribution < -0.4 is 10.2 Å². The first-order valence-electron chi connectivity index (χ1n) is 7.56. The van der Waals surface area contributed by atoms with Gasteiger partial charge in [-0.1, -0.05) is 18.2 Å². The molecule has 0 bridgehead atoms. The van der Waals surface area contributed by atoms with Gasteiger partial charge in [-0.2, -0.15) is 0 Å². The maximum atomic E-state index is 13.1. The van der Waals surface area contributed by atoms with E-state index < -0.39 is 0 Å². The van der Waals surface area contributed by atoms with Crippen LogP contribution in [0.5, 0.6) is 0 Å². The summed E-state index contributed by atoms with van der Waals surface area (Å²) >= 11 is 3.49. The van der Waals surface area contributed by atoms with Crippen molar-refractivity contribution in [2.75, 3.05) is 18.0 Å². The number of para-hydroxylation sites is 1. The number of amides is 1. The Morgan fingerprint density at radius 3 is 2.78 bits per heavy atom. The van der Waals surface area contributed by atoms with Gasteiger partial charge in [0.05, 0.1) is 0 Å². The van der Waals surface area contributed by atoms with Gasteiger partial charge in [-0.15, -0.1) is 12.4 Å². The summed E-state index contributed by atoms with van der Waals surface area (Å²) in [6, 6.07) is 10.3. The Bertz CT molecular complexity index is 699. The molecule has 0 unspecified atom stereocenters. The lowest BCUT2D eigenvalue weighted by atomic mass is 10.1. The molecule has 2 aromatic rings. The van der Waals surface area contributed by atoms with Crippen molar-refractivity contribution < 1.29 is 4.79 Å². The van der Waals surface area contributed by atoms with Crippen molar-refractivity contribution in [1.29, 1.82) is 0 Å². The van der Waals surface area contributed by atoms with Crippen molar-refractivity contribution in [1.82, 2.24) is 9.88 Å². The molecule has 0 aliphatic carbocycles. The fourth-order valence-corrected chi connectivity index (χ4v) is 3.29. The summed E-state index contributed by atoms with van der Waals surface area (Å²) in [5.74, 6) is 0.0514. The van der Waals surface area contributed by atoms with E-state index in [-0.39, 0.29) is 24.4 Å². The standard InChI is InChI=1S/C17H20BrN3O.ClH/c1-12(2)21-11-14(18)9-16(21)17(22)20-8-7-19-10-13-5-3-4-6-15(13)20;/h3-6,9,11-12,19H,7-8,10H2,1-2H3;1H. The van der Waals surface area contributed by atoms with Crippen LogP contribution in [0.25, 0.3) is 0 Å². The number of carbonyl (C=O) groups excluding carboxylic acids is 1. The van der Waals surface area contributed by atoms with Crippen LogP contribution in [0.15, 0.2) is 41.0 Å². The Kier molecular flexibility index (Phi) is 5.89. The first-order chi connectivity index (χ1) is 10.6. The minimum Gasteiger partial charge on any atom is -0.340 e. The Hall–Kier alpha value is -1.30. The molecule has 0 saturated carbocycles. The molecule has 1 amide bonds. The van der Waals surface area contributed by atoms with Crippen LogP contribution in [0.1, 0.15) is 35.9 Å². The molecule has 23 heavy (non-hydrogen) atoms. The van der Waals surface area contributed by atoms with E-state index in [0.29, 0.717) is 6.54 Å². The molecule has 1 aromatic carbocycles. The summed E-state index contributed by atoms with van der Waals surface area (Å²) in [5.41, 5.74) is 2.89. The average molecular weight is 399 g/mol. The van der Waals surface area contributed by atoms with E-state index in [2.05, 4.69) is 41.2 Å².